The molecule has 4 N–H and O–H groups in total. The summed E-state index contributed by atoms with van der Waals surface area (Å²) in [5, 5.41) is 0. The van der Waals surface area contributed by atoms with Crippen molar-refractivity contribution in [1.82, 2.24) is 0 Å². The zero-order valence-corrected chi connectivity index (χ0v) is 7.75. The zero-order chi connectivity index (χ0) is 9.19. The number of hydrogen-bond acceptors (Lipinski definition) is 1. The largest absolute Gasteiger partial charge is 0.370 e. The van der Waals surface area contributed by atoms with Crippen LogP contribution in [0.3, 0.4) is 0 Å². The lowest BCUT2D eigenvalue weighted by atomic mass is 9.80. The molecule has 0 aromatic rings. The predicted molar refractivity (Wildman–Crippen MR) is 51.8 cm³/mol. The Labute approximate surface area is 73.5 Å². The van der Waals surface area contributed by atoms with Gasteiger partial charge in [-0.3, -0.25) is 0 Å². The van der Waals surface area contributed by atoms with Crippen molar-refractivity contribution in [2.24, 2.45) is 22.4 Å². The van der Waals surface area contributed by atoms with E-state index < -0.39 is 0 Å². The van der Waals surface area contributed by atoms with Gasteiger partial charge in [0, 0.05) is 0 Å². The van der Waals surface area contributed by atoms with Gasteiger partial charge in [-0.05, 0) is 25.7 Å². The summed E-state index contributed by atoms with van der Waals surface area (Å²) in [7, 11) is 0. The van der Waals surface area contributed by atoms with Crippen LogP contribution in [0.2, 0.25) is 0 Å². The van der Waals surface area contributed by atoms with Gasteiger partial charge in [-0.1, -0.05) is 19.1 Å². The van der Waals surface area contributed by atoms with E-state index in [1.54, 1.807) is 0 Å². The first-order valence-corrected chi connectivity index (χ1v) is 4.33. The van der Waals surface area contributed by atoms with Gasteiger partial charge in [0.05, 0.1) is 5.54 Å². The van der Waals surface area contributed by atoms with Gasteiger partial charge < -0.3 is 11.5 Å². The topological polar surface area (TPSA) is 64.4 Å². The molecule has 0 amide bonds. The smallest absolute Gasteiger partial charge is 0.186 e. The summed E-state index contributed by atoms with van der Waals surface area (Å²) in [5.74, 6) is 0.695. The molecule has 12 heavy (non-hydrogen) atoms. The van der Waals surface area contributed by atoms with Gasteiger partial charge in [-0.25, -0.2) is 4.99 Å². The molecule has 0 radical (unpaired) electrons. The third kappa shape index (κ3) is 1.78. The van der Waals surface area contributed by atoms with E-state index in [-0.39, 0.29) is 11.5 Å². The molecule has 0 aromatic carbocycles. The molecule has 2 atom stereocenters. The van der Waals surface area contributed by atoms with Crippen LogP contribution in [0.15, 0.2) is 17.1 Å². The Morgan fingerprint density at radius 2 is 2.25 bits per heavy atom. The Morgan fingerprint density at radius 3 is 2.75 bits per heavy atom. The monoisotopic (exact) mass is 167 g/mol. The van der Waals surface area contributed by atoms with Crippen LogP contribution < -0.4 is 11.5 Å². The quantitative estimate of drug-likeness (QED) is 0.348. The van der Waals surface area contributed by atoms with E-state index in [9.17, 15) is 0 Å². The number of guanidine groups is 1. The van der Waals surface area contributed by atoms with E-state index in [1.807, 2.05) is 0 Å². The Balaban J connectivity index is 2.87. The molecule has 2 unspecified atom stereocenters. The lowest BCUT2D eigenvalue weighted by molar-refractivity contribution is 0.353. The van der Waals surface area contributed by atoms with Crippen molar-refractivity contribution in [1.29, 1.82) is 0 Å². The van der Waals surface area contributed by atoms with Crippen LogP contribution >= 0.6 is 0 Å². The fourth-order valence-corrected chi connectivity index (χ4v) is 1.55. The summed E-state index contributed by atoms with van der Waals surface area (Å²) in [4.78, 5) is 4.23. The molecule has 0 saturated carbocycles. The molecule has 0 aromatic heterocycles. The van der Waals surface area contributed by atoms with Crippen molar-refractivity contribution in [2.75, 3.05) is 0 Å². The number of nitrogens with two attached hydrogens (primary N) is 2. The average molecular weight is 167 g/mol. The Kier molecular flexibility index (Phi) is 2.40. The molecular formula is C9H17N3. The Hall–Kier alpha value is -0.990. The van der Waals surface area contributed by atoms with E-state index in [0.29, 0.717) is 5.92 Å². The Bertz CT molecular complexity index is 216. The first-order chi connectivity index (χ1) is 5.54. The van der Waals surface area contributed by atoms with Crippen molar-refractivity contribution >= 4 is 5.96 Å². The third-order valence-electron chi connectivity index (χ3n) is 2.59. The fraction of sp³-hybridized carbons (Fsp3) is 0.667. The molecule has 0 fully saturated rings. The van der Waals surface area contributed by atoms with Gasteiger partial charge >= 0.3 is 0 Å². The van der Waals surface area contributed by atoms with Crippen LogP contribution in [0.25, 0.3) is 0 Å². The standard InChI is InChI=1S/C9H17N3/c1-7-5-3-4-6-9(7,2)12-8(10)11/h4,6-7H,3,5H2,1-2H3,(H4,10,11,12). The van der Waals surface area contributed by atoms with Crippen molar-refractivity contribution in [3.63, 3.8) is 0 Å². The summed E-state index contributed by atoms with van der Waals surface area (Å²) in [6.07, 6.45) is 6.54. The maximum absolute atomic E-state index is 5.36. The minimum atomic E-state index is -0.183. The summed E-state index contributed by atoms with van der Waals surface area (Å²) >= 11 is 0. The highest BCUT2D eigenvalue weighted by atomic mass is 15.0. The lowest BCUT2D eigenvalue weighted by Gasteiger charge is -2.31. The molecular weight excluding hydrogens is 150 g/mol. The first kappa shape index (κ1) is 9.10. The maximum atomic E-state index is 5.36. The van der Waals surface area contributed by atoms with Gasteiger partial charge in [0.15, 0.2) is 5.96 Å². The summed E-state index contributed by atoms with van der Waals surface area (Å²) in [6.45, 7) is 4.24. The fourth-order valence-electron chi connectivity index (χ4n) is 1.55. The minimum absolute atomic E-state index is 0.177. The third-order valence-corrected chi connectivity index (χ3v) is 2.59. The van der Waals surface area contributed by atoms with Crippen molar-refractivity contribution in [3.05, 3.63) is 12.2 Å². The normalized spacial score (nSPS) is 34.7. The molecule has 1 aliphatic carbocycles. The molecule has 3 nitrogen and oxygen atoms in total. The van der Waals surface area contributed by atoms with Gasteiger partial charge in [0.1, 0.15) is 0 Å². The van der Waals surface area contributed by atoms with Gasteiger partial charge in [0.25, 0.3) is 0 Å². The van der Waals surface area contributed by atoms with E-state index >= 15 is 0 Å². The van der Waals surface area contributed by atoms with Crippen LogP contribution in [-0.2, 0) is 0 Å². The average Bonchev–Trinajstić information content (AvgIpc) is 1.94. The van der Waals surface area contributed by atoms with E-state index in [0.717, 1.165) is 12.8 Å². The molecule has 0 heterocycles. The highest BCUT2D eigenvalue weighted by Gasteiger charge is 2.29. The van der Waals surface area contributed by atoms with Crippen LogP contribution in [0, 0.1) is 5.92 Å². The molecule has 0 aliphatic heterocycles. The van der Waals surface area contributed by atoms with Crippen LogP contribution in [0.4, 0.5) is 0 Å². The molecule has 0 bridgehead atoms. The predicted octanol–water partition coefficient (Wildman–Crippen LogP) is 1.00. The SMILES string of the molecule is CC1CCC=CC1(C)N=C(N)N. The number of allylic oxidation sites excluding steroid dienone is 1. The van der Waals surface area contributed by atoms with E-state index in [1.165, 1.54) is 0 Å². The van der Waals surface area contributed by atoms with Gasteiger partial charge in [0.2, 0.25) is 0 Å². The van der Waals surface area contributed by atoms with Crippen LogP contribution in [0.1, 0.15) is 26.7 Å². The second-order valence-corrected chi connectivity index (χ2v) is 3.64. The Morgan fingerprint density at radius 1 is 1.58 bits per heavy atom. The van der Waals surface area contributed by atoms with Gasteiger partial charge in [-0.15, -0.1) is 0 Å². The second-order valence-electron chi connectivity index (χ2n) is 3.64. The first-order valence-electron chi connectivity index (χ1n) is 4.33. The van der Waals surface area contributed by atoms with E-state index in [4.69, 9.17) is 11.5 Å². The lowest BCUT2D eigenvalue weighted by Crippen LogP contribution is -2.36. The maximum Gasteiger partial charge on any atom is 0.186 e. The van der Waals surface area contributed by atoms with E-state index in [2.05, 4.69) is 31.0 Å². The highest BCUT2D eigenvalue weighted by Crippen LogP contribution is 2.31. The molecule has 0 saturated heterocycles. The van der Waals surface area contributed by atoms with Gasteiger partial charge in [-0.2, -0.15) is 0 Å². The zero-order valence-electron chi connectivity index (χ0n) is 7.75. The molecule has 3 heteroatoms. The van der Waals surface area contributed by atoms with Crippen molar-refractivity contribution in [2.45, 2.75) is 32.2 Å². The second kappa shape index (κ2) is 3.17. The summed E-state index contributed by atoms with van der Waals surface area (Å²) in [6, 6.07) is 0. The number of rotatable bonds is 1. The molecule has 1 aliphatic rings. The number of nitrogens with zero attached hydrogens (tertiary/aromatic N) is 1. The molecule has 0 spiro atoms. The van der Waals surface area contributed by atoms with Crippen molar-refractivity contribution < 1.29 is 0 Å². The summed E-state index contributed by atoms with van der Waals surface area (Å²) < 4.78 is 0. The summed E-state index contributed by atoms with van der Waals surface area (Å²) in [5.41, 5.74) is 10.5. The molecule has 1 rings (SSSR count). The minimum Gasteiger partial charge on any atom is -0.370 e. The van der Waals surface area contributed by atoms with Crippen LogP contribution in [-0.4, -0.2) is 11.5 Å². The van der Waals surface area contributed by atoms with Crippen LogP contribution in [0.5, 0.6) is 0 Å². The highest BCUT2D eigenvalue weighted by molar-refractivity contribution is 5.76. The molecule has 68 valence electrons. The van der Waals surface area contributed by atoms with Crippen molar-refractivity contribution in [3.8, 4) is 0 Å². The number of aliphatic imine (C=N–C) groups is 1. The number of hydrogen-bond donors (Lipinski definition) is 2.